The van der Waals surface area contributed by atoms with E-state index in [0.717, 1.165) is 34.4 Å². The molecule has 0 amide bonds. The average Bonchev–Trinajstić information content (AvgIpc) is 2.84. The second-order valence-electron chi connectivity index (χ2n) is 5.69. The van der Waals surface area contributed by atoms with Crippen LogP contribution >= 0.6 is 0 Å². The summed E-state index contributed by atoms with van der Waals surface area (Å²) in [5, 5.41) is 15.0. The van der Waals surface area contributed by atoms with Crippen molar-refractivity contribution in [3.63, 3.8) is 0 Å². The Labute approximate surface area is 130 Å². The molecule has 0 saturated carbocycles. The van der Waals surface area contributed by atoms with Crippen LogP contribution in [0.4, 0.5) is 0 Å². The Balaban J connectivity index is 2.31. The van der Waals surface area contributed by atoms with Gasteiger partial charge in [-0.3, -0.25) is 0 Å². The first-order valence-corrected chi connectivity index (χ1v) is 7.24. The fourth-order valence-corrected chi connectivity index (χ4v) is 2.70. The molecule has 3 rings (SSSR count). The first-order valence-electron chi connectivity index (χ1n) is 7.24. The predicted octanol–water partition coefficient (Wildman–Crippen LogP) is 3.76. The third-order valence-corrected chi connectivity index (χ3v) is 3.55. The molecule has 0 spiro atoms. The molecule has 0 atom stereocenters. The third-order valence-electron chi connectivity index (χ3n) is 3.55. The Morgan fingerprint density at radius 3 is 2.59 bits per heavy atom. The van der Waals surface area contributed by atoms with Gasteiger partial charge in [0.2, 0.25) is 0 Å². The standard InChI is InChI=1S/C18H17N4/c1-12(2)9-14-10-15(11-19)20-18-17(14)13(3)21-22(18)16-7-5-4-6-8-16/h4-8,10H,9H2,1-3H3. The minimum Gasteiger partial charge on any atom is -0.217 e. The van der Waals surface area contributed by atoms with Gasteiger partial charge in [0.25, 0.3) is 0 Å². The number of pyridine rings is 1. The van der Waals surface area contributed by atoms with E-state index in [1.54, 1.807) is 0 Å². The largest absolute Gasteiger partial charge is 0.217 e. The van der Waals surface area contributed by atoms with Crippen molar-refractivity contribution in [2.45, 2.75) is 27.2 Å². The van der Waals surface area contributed by atoms with E-state index < -0.39 is 0 Å². The minimum absolute atomic E-state index is 0.431. The number of fused-ring (bicyclic) bond motifs is 1. The quantitative estimate of drug-likeness (QED) is 0.737. The number of para-hydroxylation sites is 1. The van der Waals surface area contributed by atoms with Crippen LogP contribution < -0.4 is 0 Å². The van der Waals surface area contributed by atoms with Gasteiger partial charge in [-0.15, -0.1) is 0 Å². The fraction of sp³-hybridized carbons (Fsp3) is 0.222. The van der Waals surface area contributed by atoms with Crippen LogP contribution in [0.5, 0.6) is 0 Å². The Kier molecular flexibility index (Phi) is 3.64. The average molecular weight is 289 g/mol. The maximum Gasteiger partial charge on any atom is 0.164 e. The fourth-order valence-electron chi connectivity index (χ4n) is 2.70. The van der Waals surface area contributed by atoms with E-state index in [1.165, 1.54) is 5.92 Å². The summed E-state index contributed by atoms with van der Waals surface area (Å²) >= 11 is 0. The molecule has 0 bridgehead atoms. The molecule has 4 heteroatoms. The lowest BCUT2D eigenvalue weighted by Crippen LogP contribution is -2.00. The highest BCUT2D eigenvalue weighted by atomic mass is 15.3. The van der Waals surface area contributed by atoms with Crippen molar-refractivity contribution in [2.75, 3.05) is 0 Å². The summed E-state index contributed by atoms with van der Waals surface area (Å²) < 4.78 is 1.82. The molecule has 2 heterocycles. The molecule has 0 unspecified atom stereocenters. The van der Waals surface area contributed by atoms with Gasteiger partial charge in [-0.1, -0.05) is 32.0 Å². The zero-order valence-electron chi connectivity index (χ0n) is 13.0. The number of hydrogen-bond acceptors (Lipinski definition) is 3. The van der Waals surface area contributed by atoms with Gasteiger partial charge in [0.15, 0.2) is 5.65 Å². The molecular formula is C18H17N4. The number of rotatable bonds is 3. The molecule has 0 saturated heterocycles. The van der Waals surface area contributed by atoms with E-state index in [2.05, 4.69) is 30.0 Å². The molecule has 2 aromatic heterocycles. The molecule has 0 N–H and O–H groups in total. The molecule has 1 aromatic carbocycles. The van der Waals surface area contributed by atoms with E-state index >= 15 is 0 Å². The summed E-state index contributed by atoms with van der Waals surface area (Å²) in [4.78, 5) is 4.49. The van der Waals surface area contributed by atoms with Crippen LogP contribution in [0.15, 0.2) is 36.4 Å². The highest BCUT2D eigenvalue weighted by molar-refractivity contribution is 5.84. The van der Waals surface area contributed by atoms with Crippen LogP contribution in [0.1, 0.15) is 30.8 Å². The van der Waals surface area contributed by atoms with Crippen LogP contribution in [0, 0.1) is 24.2 Å². The SMILES string of the molecule is C[C](C)Cc1cc(C#N)nc2c1c(C)nn2-c1ccccc1. The molecule has 0 aliphatic heterocycles. The lowest BCUT2D eigenvalue weighted by atomic mass is 9.99. The van der Waals surface area contributed by atoms with Crippen LogP contribution in [0.25, 0.3) is 16.7 Å². The van der Waals surface area contributed by atoms with Gasteiger partial charge in [-0.2, -0.15) is 10.4 Å². The zero-order valence-corrected chi connectivity index (χ0v) is 13.0. The summed E-state index contributed by atoms with van der Waals surface area (Å²) in [6.45, 7) is 6.18. The Hall–Kier alpha value is -2.67. The maximum atomic E-state index is 9.27. The van der Waals surface area contributed by atoms with Crippen molar-refractivity contribution in [1.29, 1.82) is 5.26 Å². The topological polar surface area (TPSA) is 54.5 Å². The second kappa shape index (κ2) is 5.61. The van der Waals surface area contributed by atoms with Crippen LogP contribution in [0.3, 0.4) is 0 Å². The number of aryl methyl sites for hydroxylation is 1. The number of hydrogen-bond donors (Lipinski definition) is 0. The second-order valence-corrected chi connectivity index (χ2v) is 5.69. The number of nitrogens with zero attached hydrogens (tertiary/aromatic N) is 4. The van der Waals surface area contributed by atoms with E-state index in [9.17, 15) is 5.26 Å². The van der Waals surface area contributed by atoms with Crippen molar-refractivity contribution in [1.82, 2.24) is 14.8 Å². The molecule has 1 radical (unpaired) electrons. The van der Waals surface area contributed by atoms with Crippen molar-refractivity contribution in [2.24, 2.45) is 0 Å². The Morgan fingerprint density at radius 1 is 1.23 bits per heavy atom. The zero-order chi connectivity index (χ0) is 15.7. The highest BCUT2D eigenvalue weighted by Crippen LogP contribution is 2.26. The molecule has 109 valence electrons. The van der Waals surface area contributed by atoms with Gasteiger partial charge in [0.1, 0.15) is 11.8 Å². The van der Waals surface area contributed by atoms with Crippen LogP contribution in [0.2, 0.25) is 0 Å². The number of aromatic nitrogens is 3. The van der Waals surface area contributed by atoms with Crippen LogP contribution in [-0.4, -0.2) is 14.8 Å². The Bertz CT molecular complexity index is 854. The first-order chi connectivity index (χ1) is 10.6. The van der Waals surface area contributed by atoms with Crippen molar-refractivity contribution < 1.29 is 0 Å². The molecule has 0 fully saturated rings. The van der Waals surface area contributed by atoms with Gasteiger partial charge >= 0.3 is 0 Å². The Morgan fingerprint density at radius 2 is 1.95 bits per heavy atom. The van der Waals surface area contributed by atoms with Crippen molar-refractivity contribution in [3.05, 3.63) is 59.3 Å². The molecular weight excluding hydrogens is 272 g/mol. The maximum absolute atomic E-state index is 9.27. The van der Waals surface area contributed by atoms with E-state index in [1.807, 2.05) is 48.0 Å². The van der Waals surface area contributed by atoms with E-state index in [4.69, 9.17) is 0 Å². The number of benzene rings is 1. The van der Waals surface area contributed by atoms with E-state index in [0.29, 0.717) is 5.69 Å². The van der Waals surface area contributed by atoms with Crippen molar-refractivity contribution in [3.8, 4) is 11.8 Å². The highest BCUT2D eigenvalue weighted by Gasteiger charge is 2.16. The predicted molar refractivity (Wildman–Crippen MR) is 86.6 cm³/mol. The molecule has 3 aromatic rings. The lowest BCUT2D eigenvalue weighted by Gasteiger charge is -2.08. The molecule has 0 aliphatic carbocycles. The molecule has 0 aliphatic rings. The van der Waals surface area contributed by atoms with Gasteiger partial charge < -0.3 is 0 Å². The number of nitriles is 1. The monoisotopic (exact) mass is 289 g/mol. The summed E-state index contributed by atoms with van der Waals surface area (Å²) in [7, 11) is 0. The summed E-state index contributed by atoms with van der Waals surface area (Å²) in [6, 6.07) is 13.9. The summed E-state index contributed by atoms with van der Waals surface area (Å²) in [5.41, 5.74) is 4.18. The minimum atomic E-state index is 0.431. The molecule has 22 heavy (non-hydrogen) atoms. The normalized spacial score (nSPS) is 11.0. The molecule has 4 nitrogen and oxygen atoms in total. The van der Waals surface area contributed by atoms with Gasteiger partial charge in [0, 0.05) is 5.39 Å². The van der Waals surface area contributed by atoms with Gasteiger partial charge in [-0.25, -0.2) is 9.67 Å². The van der Waals surface area contributed by atoms with Gasteiger partial charge in [-0.05, 0) is 43.0 Å². The van der Waals surface area contributed by atoms with E-state index in [-0.39, 0.29) is 0 Å². The third kappa shape index (κ3) is 2.46. The lowest BCUT2D eigenvalue weighted by molar-refractivity contribution is 0.877. The first kappa shape index (κ1) is 14.3. The summed E-state index contributed by atoms with van der Waals surface area (Å²) in [5.74, 6) is 1.29. The van der Waals surface area contributed by atoms with Gasteiger partial charge in [0.05, 0.1) is 11.4 Å². The summed E-state index contributed by atoms with van der Waals surface area (Å²) in [6.07, 6.45) is 0.828. The van der Waals surface area contributed by atoms with Crippen molar-refractivity contribution >= 4 is 11.0 Å². The van der Waals surface area contributed by atoms with Crippen LogP contribution in [-0.2, 0) is 6.42 Å². The smallest absolute Gasteiger partial charge is 0.164 e.